The van der Waals surface area contributed by atoms with E-state index in [0.29, 0.717) is 113 Å². The molecule has 0 unspecified atom stereocenters. The van der Waals surface area contributed by atoms with E-state index in [-0.39, 0.29) is 23.4 Å². The van der Waals surface area contributed by atoms with E-state index in [4.69, 9.17) is 27.1 Å². The Morgan fingerprint density at radius 2 is 1.00 bits per heavy atom. The fourth-order valence-electron chi connectivity index (χ4n) is 6.74. The second-order valence-corrected chi connectivity index (χ2v) is 21.1. The van der Waals surface area contributed by atoms with Crippen LogP contribution in [0.1, 0.15) is 94.2 Å². The van der Waals surface area contributed by atoms with Gasteiger partial charge < -0.3 is 50.4 Å². The Kier molecular flexibility index (Phi) is 38.8. The van der Waals surface area contributed by atoms with E-state index in [0.717, 1.165) is 93.9 Å². The summed E-state index contributed by atoms with van der Waals surface area (Å²) in [5.41, 5.74) is 19.2. The molecule has 3 aromatic carbocycles. The van der Waals surface area contributed by atoms with Crippen LogP contribution < -0.4 is 36.6 Å². The van der Waals surface area contributed by atoms with Crippen LogP contribution in [0.25, 0.3) is 0 Å². The minimum atomic E-state index is -3.43. The highest BCUT2D eigenvalue weighted by Crippen LogP contribution is 2.25. The Hall–Kier alpha value is -6.11. The molecule has 414 valence electrons. The molecule has 2 aliphatic carbocycles. The number of rotatable bonds is 26. The highest BCUT2D eigenvalue weighted by atomic mass is 32.2. The lowest BCUT2D eigenvalue weighted by Gasteiger charge is -2.25. The average Bonchev–Trinajstić information content (AvgIpc) is 3.38. The summed E-state index contributed by atoms with van der Waals surface area (Å²) in [6, 6.07) is 20.8. The van der Waals surface area contributed by atoms with Crippen LogP contribution in [0.15, 0.2) is 72.8 Å². The lowest BCUT2D eigenvalue weighted by molar-refractivity contribution is -0.135. The Bertz CT molecular complexity index is 2120. The maximum Gasteiger partial charge on any atom is 0.298 e. The van der Waals surface area contributed by atoms with Gasteiger partial charge >= 0.3 is 0 Å². The first-order valence-electron chi connectivity index (χ1n) is 24.0. The first-order valence-corrected chi connectivity index (χ1v) is 27.7. The largest absolute Gasteiger partial charge is 0.468 e. The maximum atomic E-state index is 10.9. The molecule has 8 N–H and O–H groups in total. The molecule has 2 fully saturated rings. The van der Waals surface area contributed by atoms with Crippen LogP contribution in [-0.4, -0.2) is 118 Å². The van der Waals surface area contributed by atoms with Crippen molar-refractivity contribution >= 4 is 64.5 Å². The number of sulfone groups is 1. The predicted molar refractivity (Wildman–Crippen MR) is 278 cm³/mol. The summed E-state index contributed by atoms with van der Waals surface area (Å²) in [6.45, 7) is 6.70. The van der Waals surface area contributed by atoms with E-state index < -0.39 is 19.9 Å². The van der Waals surface area contributed by atoms with Crippen molar-refractivity contribution in [3.63, 3.8) is 0 Å². The number of Topliss-reactive ketones (excluding diaryl/α,β-unsaturated/α-hetero) is 1. The second-order valence-electron chi connectivity index (χ2n) is 17.1. The molecule has 0 saturated heterocycles. The zero-order valence-electron chi connectivity index (χ0n) is 42.4. The van der Waals surface area contributed by atoms with Crippen molar-refractivity contribution in [3.05, 3.63) is 89.5 Å². The van der Waals surface area contributed by atoms with Gasteiger partial charge in [-0.3, -0.25) is 28.8 Å². The number of carbonyl (C=O) groups excluding carboxylic acids is 7. The zero-order chi connectivity index (χ0) is 55.5. The number of ether oxygens (including phenoxy) is 6. The maximum absolute atomic E-state index is 10.9. The van der Waals surface area contributed by atoms with E-state index in [1.807, 2.05) is 12.1 Å². The molecule has 0 aliphatic heterocycles. The van der Waals surface area contributed by atoms with Gasteiger partial charge in [0.1, 0.15) is 39.0 Å². The highest BCUT2D eigenvalue weighted by Gasteiger charge is 2.21. The highest BCUT2D eigenvalue weighted by molar-refractivity contribution is 7.90. The number of unbranched alkanes of at least 4 members (excludes halogenated alkanes) is 1. The summed E-state index contributed by atoms with van der Waals surface area (Å²) < 4.78 is 70.9. The number of benzene rings is 3. The van der Waals surface area contributed by atoms with E-state index in [1.54, 1.807) is 67.6 Å². The molecule has 2 aliphatic rings. The van der Waals surface area contributed by atoms with Crippen molar-refractivity contribution in [1.82, 2.24) is 0 Å². The Balaban J connectivity index is 0.000000874. The van der Waals surface area contributed by atoms with Crippen LogP contribution in [0.3, 0.4) is 0 Å². The van der Waals surface area contributed by atoms with E-state index in [2.05, 4.69) is 23.7 Å². The summed E-state index contributed by atoms with van der Waals surface area (Å²) in [7, 11) is -6.36. The van der Waals surface area contributed by atoms with Gasteiger partial charge in [0.25, 0.3) is 38.8 Å². The Morgan fingerprint density at radius 1 is 0.568 bits per heavy atom. The molecule has 0 spiro atoms. The van der Waals surface area contributed by atoms with E-state index in [1.165, 1.54) is 6.26 Å². The number of nitrogens with two attached hydrogens (primary N) is 4. The van der Waals surface area contributed by atoms with Crippen molar-refractivity contribution < 1.29 is 78.8 Å². The van der Waals surface area contributed by atoms with E-state index in [9.17, 15) is 50.4 Å². The molecule has 0 atom stereocenters. The van der Waals surface area contributed by atoms with Crippen molar-refractivity contribution in [2.24, 2.45) is 34.2 Å². The summed E-state index contributed by atoms with van der Waals surface area (Å²) in [5, 5.41) is 4.86. The fraction of sp³-hybridized carbons (Fsp3) is 0.510. The topological polar surface area (TPSA) is 347 Å². The van der Waals surface area contributed by atoms with E-state index >= 15 is 0 Å². The number of hydrogen-bond acceptors (Lipinski definition) is 20. The first-order chi connectivity index (χ1) is 35.3. The zero-order valence-corrected chi connectivity index (χ0v) is 44.0. The lowest BCUT2D eigenvalue weighted by Crippen LogP contribution is -2.28. The normalized spacial score (nSPS) is 16.5. The quantitative estimate of drug-likeness (QED) is 0.0504. The van der Waals surface area contributed by atoms with Gasteiger partial charge in [-0.05, 0) is 168 Å². The molecule has 0 bridgehead atoms. The lowest BCUT2D eigenvalue weighted by atomic mass is 9.87. The minimum Gasteiger partial charge on any atom is -0.468 e. The molecule has 0 amide bonds. The molecule has 23 heteroatoms. The van der Waals surface area contributed by atoms with Gasteiger partial charge in [0.05, 0.1) is 24.7 Å². The summed E-state index contributed by atoms with van der Waals surface area (Å²) in [4.78, 5) is 70.1. The molecule has 3 aromatic rings. The molecule has 0 aromatic heterocycles. The Morgan fingerprint density at radius 3 is 1.36 bits per heavy atom. The number of carbonyl (C=O) groups is 7. The van der Waals surface area contributed by atoms with Crippen LogP contribution in [0.2, 0.25) is 0 Å². The number of aryl methyl sites for hydroxylation is 3. The average molecular weight is 1080 g/mol. The number of sulfonamides is 1. The molecular weight excluding hydrogens is 1000 g/mol. The SMILES string of the molecule is CC(=O)CCc1ccc(OC=O)cc1.CS(=O)(=O)CCc1ccc(OC=O)cc1.NC1CCC(COC=O)CC1.NCC1CCC(OC=O)CC1.NCCCCOC=O.NS(=O)(=O)CCc1ccc(OC=O)cc1. The Labute approximate surface area is 435 Å². The van der Waals surface area contributed by atoms with Gasteiger partial charge in [0.2, 0.25) is 10.0 Å². The van der Waals surface area contributed by atoms with Crippen LogP contribution in [0.4, 0.5) is 0 Å². The fourth-order valence-corrected chi connectivity index (χ4v) is 7.87. The van der Waals surface area contributed by atoms with Gasteiger partial charge in [-0.1, -0.05) is 36.4 Å². The smallest absolute Gasteiger partial charge is 0.298 e. The predicted octanol–water partition coefficient (Wildman–Crippen LogP) is 3.86. The van der Waals surface area contributed by atoms with Crippen LogP contribution in [-0.2, 0) is 86.9 Å². The third kappa shape index (κ3) is 39.4. The van der Waals surface area contributed by atoms with Gasteiger partial charge in [0.15, 0.2) is 0 Å². The third-order valence-electron chi connectivity index (χ3n) is 11.0. The van der Waals surface area contributed by atoms with Crippen molar-refractivity contribution in [2.45, 2.75) is 109 Å². The molecule has 21 nitrogen and oxygen atoms in total. The van der Waals surface area contributed by atoms with Gasteiger partial charge in [0, 0.05) is 18.7 Å². The summed E-state index contributed by atoms with van der Waals surface area (Å²) in [5.74, 6) is 2.81. The van der Waals surface area contributed by atoms with Crippen molar-refractivity contribution in [2.75, 3.05) is 44.1 Å². The molecule has 2 saturated carbocycles. The van der Waals surface area contributed by atoms with Gasteiger partial charge in [-0.25, -0.2) is 22.0 Å². The first kappa shape index (κ1) is 67.9. The summed E-state index contributed by atoms with van der Waals surface area (Å²) in [6.07, 6.45) is 13.8. The molecular formula is C51H76N4O17S2. The molecule has 0 radical (unpaired) electrons. The minimum absolute atomic E-state index is 0.0963. The molecule has 74 heavy (non-hydrogen) atoms. The van der Waals surface area contributed by atoms with Crippen molar-refractivity contribution in [3.8, 4) is 17.2 Å². The van der Waals surface area contributed by atoms with Crippen LogP contribution in [0.5, 0.6) is 17.2 Å². The third-order valence-corrected chi connectivity index (χ3v) is 12.7. The second kappa shape index (κ2) is 42.3. The van der Waals surface area contributed by atoms with Gasteiger partial charge in [-0.15, -0.1) is 0 Å². The van der Waals surface area contributed by atoms with Crippen LogP contribution in [0, 0.1) is 11.8 Å². The van der Waals surface area contributed by atoms with Crippen LogP contribution >= 0.6 is 0 Å². The number of primary sulfonamides is 1. The van der Waals surface area contributed by atoms with Gasteiger partial charge in [-0.2, -0.15) is 0 Å². The number of hydrogen-bond donors (Lipinski definition) is 4. The van der Waals surface area contributed by atoms with Crippen molar-refractivity contribution in [1.29, 1.82) is 0 Å². The standard InChI is InChI=1S/C11H12O3.C10H12O4S.C9H11NO4S.2C8H15NO2.C5H11NO2/c1-9(13)2-3-10-4-6-11(7-5-10)14-8-12;1-15(12,13)7-6-9-2-4-10(5-3-9)14-8-11;10-15(12,13)6-5-8-1-3-9(4-2-8)14-7-11;9-8-3-1-7(2-4-8)5-11-6-10;9-5-7-1-3-8(4-2-7)11-6-10;6-3-1-2-4-8-5-7/h4-8H,2-3H2,1H3;2-5,8H,6-7H2,1H3;1-4,7H,5-6H2,(H2,10,12,13);2*6-8H,1-5,9H2;5H,1-4,6H2. The molecule has 0 heterocycles. The number of ketones is 1. The molecule has 5 rings (SSSR count). The summed E-state index contributed by atoms with van der Waals surface area (Å²) >= 11 is 0. The monoisotopic (exact) mass is 1080 g/mol.